The number of thioether (sulfide) groups is 2. The molecule has 3 atom stereocenters. The van der Waals surface area contributed by atoms with E-state index >= 15 is 0 Å². The monoisotopic (exact) mass is 1050 g/mol. The number of oxime groups is 1. The SMILES string of the molecule is Cn1ncnc1SCSC1=C(C(=O)OC(c2ccccc2)c2ccccc2)N2C(=O)[C@@H](NC(=O)/C(=N\OC(c3ccccc3)(c3ccccc3)c3ccccc3)c3csc(NC(=O)OC(C)(C)C)n3)[C@H]2S(=O)C1. The molecule has 2 aliphatic rings. The lowest BCUT2D eigenvalue weighted by molar-refractivity contribution is -0.154. The Hall–Kier alpha value is -7.39. The molecule has 2 aromatic heterocycles. The number of aryl methyl sites for hydroxylation is 1. The molecule has 0 aliphatic carbocycles. The molecule has 2 aliphatic heterocycles. The zero-order valence-corrected chi connectivity index (χ0v) is 43.1. The van der Waals surface area contributed by atoms with Gasteiger partial charge >= 0.3 is 12.1 Å². The van der Waals surface area contributed by atoms with Crippen LogP contribution in [0.15, 0.2) is 184 Å². The number of esters is 1. The summed E-state index contributed by atoms with van der Waals surface area (Å²) in [5.74, 6) is -2.55. The summed E-state index contributed by atoms with van der Waals surface area (Å²) in [6.45, 7) is 5.17. The number of amides is 3. The number of anilines is 1. The van der Waals surface area contributed by atoms with E-state index in [2.05, 4.69) is 30.9 Å². The Morgan fingerprint density at radius 1 is 0.822 bits per heavy atom. The lowest BCUT2D eigenvalue weighted by Gasteiger charge is -2.49. The molecule has 73 heavy (non-hydrogen) atoms. The third kappa shape index (κ3) is 11.2. The maximum absolute atomic E-state index is 15.0. The van der Waals surface area contributed by atoms with Crippen molar-refractivity contribution in [3.63, 3.8) is 0 Å². The number of aromatic nitrogens is 4. The maximum Gasteiger partial charge on any atom is 0.413 e. The molecule has 3 amide bonds. The zero-order chi connectivity index (χ0) is 51.1. The molecule has 1 saturated heterocycles. The van der Waals surface area contributed by atoms with Crippen molar-refractivity contribution in [1.82, 2.24) is 30.0 Å². The van der Waals surface area contributed by atoms with Crippen molar-refractivity contribution in [3.8, 4) is 0 Å². The van der Waals surface area contributed by atoms with E-state index in [0.717, 1.165) is 11.3 Å². The fourth-order valence-corrected chi connectivity index (χ4v) is 13.0. The Balaban J connectivity index is 1.07. The number of β-lactam (4-membered cyclic amide) rings is 1. The molecule has 20 heteroatoms. The minimum atomic E-state index is -1.84. The van der Waals surface area contributed by atoms with Crippen LogP contribution in [-0.2, 0) is 52.1 Å². The number of hydrogen-bond donors (Lipinski definition) is 2. The third-order valence-corrected chi connectivity index (χ3v) is 16.3. The molecule has 0 saturated carbocycles. The number of carbonyl (C=O) groups is 4. The Bertz CT molecular complexity index is 3050. The van der Waals surface area contributed by atoms with E-state index in [1.54, 1.807) is 32.5 Å². The van der Waals surface area contributed by atoms with Crippen LogP contribution in [-0.4, -0.2) is 86.3 Å². The summed E-state index contributed by atoms with van der Waals surface area (Å²) in [6, 6.07) is 45.2. The minimum Gasteiger partial charge on any atom is -0.448 e. The van der Waals surface area contributed by atoms with Gasteiger partial charge in [0.05, 0.1) is 21.6 Å². The van der Waals surface area contributed by atoms with E-state index in [9.17, 15) is 23.4 Å². The molecule has 5 aromatic carbocycles. The predicted molar refractivity (Wildman–Crippen MR) is 282 cm³/mol. The first-order valence-corrected chi connectivity index (χ1v) is 27.1. The fraction of sp³-hybridized carbons (Fsp3) is 0.208. The first kappa shape index (κ1) is 50.5. The molecule has 2 N–H and O–H groups in total. The van der Waals surface area contributed by atoms with Gasteiger partial charge in [0, 0.05) is 34.0 Å². The van der Waals surface area contributed by atoms with Gasteiger partial charge in [0.1, 0.15) is 34.7 Å². The number of benzene rings is 5. The summed E-state index contributed by atoms with van der Waals surface area (Å²) in [7, 11) is -0.0825. The van der Waals surface area contributed by atoms with E-state index in [0.29, 0.717) is 43.0 Å². The van der Waals surface area contributed by atoms with Crippen LogP contribution in [0.1, 0.15) is 60.4 Å². The summed E-state index contributed by atoms with van der Waals surface area (Å²) in [5.41, 5.74) is 0.734. The van der Waals surface area contributed by atoms with Gasteiger partial charge in [-0.1, -0.05) is 169 Å². The van der Waals surface area contributed by atoms with Crippen molar-refractivity contribution >= 4 is 80.4 Å². The number of nitrogens with zero attached hydrogens (tertiary/aromatic N) is 6. The van der Waals surface area contributed by atoms with Crippen molar-refractivity contribution in [2.45, 2.75) is 54.6 Å². The number of nitrogens with one attached hydrogen (secondary N) is 2. The molecule has 16 nitrogen and oxygen atoms in total. The maximum atomic E-state index is 15.0. The molecule has 0 spiro atoms. The zero-order valence-electron chi connectivity index (χ0n) is 39.8. The fourth-order valence-electron chi connectivity index (χ4n) is 8.20. The number of hydrogen-bond acceptors (Lipinski definition) is 15. The highest BCUT2D eigenvalue weighted by Gasteiger charge is 2.58. The number of ether oxygens (including phenoxy) is 2. The van der Waals surface area contributed by atoms with Crippen LogP contribution in [0.5, 0.6) is 0 Å². The predicted octanol–water partition coefficient (Wildman–Crippen LogP) is 8.77. The first-order chi connectivity index (χ1) is 35.3. The van der Waals surface area contributed by atoms with Crippen LogP contribution in [0.4, 0.5) is 9.93 Å². The second-order valence-electron chi connectivity index (χ2n) is 17.5. The molecule has 0 bridgehead atoms. The van der Waals surface area contributed by atoms with E-state index < -0.39 is 63.4 Å². The Labute approximate surface area is 436 Å². The summed E-state index contributed by atoms with van der Waals surface area (Å²) < 4.78 is 27.9. The van der Waals surface area contributed by atoms with Crippen molar-refractivity contribution in [3.05, 3.63) is 207 Å². The van der Waals surface area contributed by atoms with E-state index in [-0.39, 0.29) is 28.0 Å². The van der Waals surface area contributed by atoms with E-state index in [4.69, 9.17) is 14.3 Å². The quantitative estimate of drug-likeness (QED) is 0.0167. The second kappa shape index (κ2) is 22.2. The molecule has 4 heterocycles. The molecular weight excluding hydrogens is 1000 g/mol. The molecule has 372 valence electrons. The van der Waals surface area contributed by atoms with Crippen molar-refractivity contribution in [1.29, 1.82) is 0 Å². The van der Waals surface area contributed by atoms with Crippen LogP contribution in [0.2, 0.25) is 0 Å². The number of carbonyl (C=O) groups excluding carboxylic acids is 4. The first-order valence-electron chi connectivity index (χ1n) is 22.8. The smallest absolute Gasteiger partial charge is 0.413 e. The van der Waals surface area contributed by atoms with Crippen LogP contribution in [0.25, 0.3) is 0 Å². The van der Waals surface area contributed by atoms with E-state index in [1.807, 2.05) is 152 Å². The summed E-state index contributed by atoms with van der Waals surface area (Å²) >= 11 is 3.60. The molecule has 1 fully saturated rings. The topological polar surface area (TPSA) is 196 Å². The normalized spacial score (nSPS) is 16.8. The van der Waals surface area contributed by atoms with Crippen LogP contribution >= 0.6 is 34.9 Å². The molecule has 7 aromatic rings. The highest BCUT2D eigenvalue weighted by atomic mass is 32.2. The highest BCUT2D eigenvalue weighted by molar-refractivity contribution is 8.18. The third-order valence-electron chi connectivity index (χ3n) is 11.5. The lowest BCUT2D eigenvalue weighted by atomic mass is 9.80. The van der Waals surface area contributed by atoms with Gasteiger partial charge < -0.3 is 19.6 Å². The molecule has 9 rings (SSSR count). The minimum absolute atomic E-state index is 0.0128. The van der Waals surface area contributed by atoms with Gasteiger partial charge in [0.25, 0.3) is 11.8 Å². The van der Waals surface area contributed by atoms with Crippen molar-refractivity contribution in [2.24, 2.45) is 12.2 Å². The van der Waals surface area contributed by atoms with Gasteiger partial charge in [-0.25, -0.2) is 24.2 Å². The molecular formula is C53H48N8O8S4. The molecule has 1 unspecified atom stereocenters. The van der Waals surface area contributed by atoms with Gasteiger partial charge in [0.15, 0.2) is 22.1 Å². The lowest BCUT2D eigenvalue weighted by Crippen LogP contribution is -2.74. The summed E-state index contributed by atoms with van der Waals surface area (Å²) in [4.78, 5) is 74.4. The van der Waals surface area contributed by atoms with Crippen molar-refractivity contribution < 1.29 is 37.7 Å². The van der Waals surface area contributed by atoms with Gasteiger partial charge in [-0.15, -0.1) is 23.1 Å². The number of thiazole rings is 1. The van der Waals surface area contributed by atoms with E-state index in [1.165, 1.54) is 40.1 Å². The average Bonchev–Trinajstić information content (AvgIpc) is 4.04. The van der Waals surface area contributed by atoms with Crippen LogP contribution < -0.4 is 10.6 Å². The molecule has 0 radical (unpaired) electrons. The second-order valence-corrected chi connectivity index (χ2v) is 22.3. The Kier molecular flexibility index (Phi) is 15.3. The van der Waals surface area contributed by atoms with Gasteiger partial charge in [0.2, 0.25) is 5.60 Å². The van der Waals surface area contributed by atoms with Gasteiger partial charge in [-0.2, -0.15) is 5.10 Å². The summed E-state index contributed by atoms with van der Waals surface area (Å²) in [5, 5.41) is 15.5. The Morgan fingerprint density at radius 2 is 1.37 bits per heavy atom. The number of fused-ring (bicyclic) bond motifs is 1. The largest absolute Gasteiger partial charge is 0.448 e. The van der Waals surface area contributed by atoms with Crippen molar-refractivity contribution in [2.75, 3.05) is 16.2 Å². The average molecular weight is 1050 g/mol. The van der Waals surface area contributed by atoms with Gasteiger partial charge in [-0.05, 0) is 31.9 Å². The summed E-state index contributed by atoms with van der Waals surface area (Å²) in [6.07, 6.45) is -0.200. The number of rotatable bonds is 17. The van der Waals surface area contributed by atoms with Gasteiger partial charge in [-0.3, -0.25) is 24.0 Å². The Morgan fingerprint density at radius 3 is 1.89 bits per heavy atom. The standard InChI is InChI=1S/C53H48N8O8S4/c1-52(2,3)68-51(65)58-49-56-39(30-70-49)41(59-69-53(36-24-14-7-15-25-36,37-26-16-8-17-27-37)38-28-18-9-19-29-38)45(62)57-42-46(63)61-43(40(31-73(66)47(42)61)71-33-72-50-54-32-55-60(50)4)48(64)67-44(34-20-10-5-11-21-34)35-22-12-6-13-23-35/h5-30,32,42,44,47H,31,33H2,1-4H3,(H,57,62)(H,56,58,65)/b59-41-/t42-,47-,73?/m1/s1. The van der Waals surface area contributed by atoms with Crippen LogP contribution in [0.3, 0.4) is 0 Å². The highest BCUT2D eigenvalue weighted by Crippen LogP contribution is 2.43. The van der Waals surface area contributed by atoms with Crippen LogP contribution in [0, 0.1) is 0 Å².